The molecule has 0 saturated heterocycles. The zero-order valence-corrected chi connectivity index (χ0v) is 17.3. The van der Waals surface area contributed by atoms with E-state index in [1.54, 1.807) is 0 Å². The number of hydrogen-bond donors (Lipinski definition) is 0. The molecule has 0 spiro atoms. The van der Waals surface area contributed by atoms with Crippen LogP contribution >= 0.6 is 64.8 Å². The fraction of sp³-hybridized carbons (Fsp3) is 0. The van der Waals surface area contributed by atoms with E-state index < -0.39 is 0 Å². The van der Waals surface area contributed by atoms with Gasteiger partial charge in [-0.05, 0) is 72.8 Å². The minimum Gasteiger partial charge on any atom is -0.0526 e. The highest BCUT2D eigenvalue weighted by Crippen LogP contribution is 2.43. The summed E-state index contributed by atoms with van der Waals surface area (Å²) in [5.41, 5.74) is 0. The van der Waals surface area contributed by atoms with Gasteiger partial charge < -0.3 is 0 Å². The number of benzene rings is 3. The average molecular weight is 421 g/mol. The van der Waals surface area contributed by atoms with Gasteiger partial charge in [-0.15, -0.1) is 0 Å². The molecule has 24 heavy (non-hydrogen) atoms. The van der Waals surface area contributed by atoms with E-state index in [-0.39, 0.29) is 0 Å². The Morgan fingerprint density at radius 1 is 0.250 bits per heavy atom. The second-order valence-corrected chi connectivity index (χ2v) is 11.7. The summed E-state index contributed by atoms with van der Waals surface area (Å²) < 4.78 is 0. The van der Waals surface area contributed by atoms with Gasteiger partial charge in [-0.3, -0.25) is 0 Å². The fourth-order valence-electron chi connectivity index (χ4n) is 1.94. The average Bonchev–Trinajstić information content (AvgIpc) is 2.65. The van der Waals surface area contributed by atoms with Gasteiger partial charge >= 0.3 is 0 Å². The van der Waals surface area contributed by atoms with Gasteiger partial charge in [0.2, 0.25) is 0 Å². The van der Waals surface area contributed by atoms with Crippen molar-refractivity contribution in [3.05, 3.63) is 72.8 Å². The second kappa shape index (κ2) is 8.43. The van der Waals surface area contributed by atoms with Crippen molar-refractivity contribution < 1.29 is 0 Å². The van der Waals surface area contributed by atoms with Crippen molar-refractivity contribution in [1.82, 2.24) is 0 Å². The molecule has 0 fully saturated rings. The zero-order chi connectivity index (χ0) is 16.2. The Morgan fingerprint density at radius 2 is 0.375 bits per heavy atom. The molecule has 0 unspecified atom stereocenters. The molecule has 0 aliphatic carbocycles. The van der Waals surface area contributed by atoms with Crippen molar-refractivity contribution in [2.75, 3.05) is 0 Å². The molecule has 3 aromatic carbocycles. The number of rotatable bonds is 0. The molecule has 6 aliphatic rings. The first-order valence-corrected chi connectivity index (χ1v) is 13.6. The van der Waals surface area contributed by atoms with Crippen LogP contribution in [0.1, 0.15) is 0 Å². The van der Waals surface area contributed by atoms with E-state index in [2.05, 4.69) is 72.8 Å². The molecule has 6 aliphatic heterocycles. The monoisotopic (exact) mass is 420 g/mol. The number of hydrogen-bond acceptors (Lipinski definition) is 6. The van der Waals surface area contributed by atoms with Gasteiger partial charge in [0, 0.05) is 29.4 Å². The van der Waals surface area contributed by atoms with Crippen LogP contribution in [0.2, 0.25) is 0 Å². The Balaban J connectivity index is 1.62. The molecule has 0 atom stereocenters. The minimum atomic E-state index is 1.29. The van der Waals surface area contributed by atoms with E-state index in [0.717, 1.165) is 0 Å². The molecule has 0 nitrogen and oxygen atoms in total. The Kier molecular flexibility index (Phi) is 6.04. The van der Waals surface area contributed by atoms with Gasteiger partial charge in [0.1, 0.15) is 0 Å². The third-order valence-corrected chi connectivity index (χ3v) is 10.4. The van der Waals surface area contributed by atoms with Crippen LogP contribution in [0.3, 0.4) is 0 Å². The molecule has 3 aromatic rings. The molecule has 0 saturated carbocycles. The van der Waals surface area contributed by atoms with Crippen LogP contribution in [0.5, 0.6) is 0 Å². The summed E-state index contributed by atoms with van der Waals surface area (Å²) in [6, 6.07) is 26.4. The highest BCUT2D eigenvalue weighted by Gasteiger charge is 2.04. The Hall–Kier alpha value is -0.240. The van der Waals surface area contributed by atoms with Gasteiger partial charge in [-0.2, -0.15) is 0 Å². The van der Waals surface area contributed by atoms with E-state index in [0.29, 0.717) is 0 Å². The topological polar surface area (TPSA) is 0 Å². The first-order chi connectivity index (χ1) is 11.8. The molecular formula is C18H12S6. The standard InChI is InChI=1S/C18H12S6/c1-2-14-4-3-13(1)19-21-15-5-7-17(8-6-15)23-24-18-11-9-16(10-12-18)22-20-14/h1-12H. The molecule has 0 N–H and O–H groups in total. The maximum absolute atomic E-state index is 2.20. The van der Waals surface area contributed by atoms with Gasteiger partial charge in [0.15, 0.2) is 0 Å². The lowest BCUT2D eigenvalue weighted by molar-refractivity contribution is 1.35. The van der Waals surface area contributed by atoms with Crippen LogP contribution < -0.4 is 0 Å². The first-order valence-electron chi connectivity index (χ1n) is 7.19. The van der Waals surface area contributed by atoms with Crippen molar-refractivity contribution in [3.8, 4) is 0 Å². The van der Waals surface area contributed by atoms with E-state index in [1.165, 1.54) is 29.4 Å². The summed E-state index contributed by atoms with van der Waals surface area (Å²) in [5.74, 6) is 0. The second-order valence-electron chi connectivity index (χ2n) is 4.91. The molecular weight excluding hydrogens is 409 g/mol. The largest absolute Gasteiger partial charge is 0.0526 e. The lowest BCUT2D eigenvalue weighted by Crippen LogP contribution is -1.75. The third-order valence-electron chi connectivity index (χ3n) is 3.17. The van der Waals surface area contributed by atoms with Gasteiger partial charge in [0.05, 0.1) is 0 Å². The van der Waals surface area contributed by atoms with Crippen LogP contribution in [0.25, 0.3) is 0 Å². The van der Waals surface area contributed by atoms with Crippen LogP contribution in [-0.4, -0.2) is 0 Å². The molecule has 0 amide bonds. The van der Waals surface area contributed by atoms with Crippen molar-refractivity contribution in [2.24, 2.45) is 0 Å². The quantitative estimate of drug-likeness (QED) is 0.332. The summed E-state index contributed by atoms with van der Waals surface area (Å²) in [6.45, 7) is 0. The van der Waals surface area contributed by atoms with Crippen LogP contribution in [0, 0.1) is 0 Å². The third kappa shape index (κ3) is 4.68. The Morgan fingerprint density at radius 3 is 0.500 bits per heavy atom. The molecule has 6 heterocycles. The molecule has 6 bridgehead atoms. The summed E-state index contributed by atoms with van der Waals surface area (Å²) >= 11 is 0. The minimum absolute atomic E-state index is 1.29. The lowest BCUT2D eigenvalue weighted by atomic mass is 10.4. The molecule has 6 heteroatoms. The molecule has 120 valence electrons. The highest BCUT2D eigenvalue weighted by atomic mass is 33.1. The van der Waals surface area contributed by atoms with Crippen molar-refractivity contribution >= 4 is 64.8 Å². The lowest BCUT2D eigenvalue weighted by Gasteiger charge is -2.07. The smallest absolute Gasteiger partial charge is 0.0187 e. The predicted octanol–water partition coefficient (Wildman–Crippen LogP) is 8.40. The van der Waals surface area contributed by atoms with Crippen LogP contribution in [0.4, 0.5) is 0 Å². The van der Waals surface area contributed by atoms with Gasteiger partial charge in [0.25, 0.3) is 0 Å². The maximum Gasteiger partial charge on any atom is 0.0187 e. The Labute approximate surface area is 165 Å². The molecule has 9 rings (SSSR count). The van der Waals surface area contributed by atoms with E-state index in [1.807, 2.05) is 64.8 Å². The SMILES string of the molecule is c1cc2ccc1SSc1ccc(cc1)SSc1ccc(cc1)SS2. The zero-order valence-electron chi connectivity index (χ0n) is 12.4. The normalized spacial score (nSPS) is 14.5. The van der Waals surface area contributed by atoms with Crippen LogP contribution in [-0.2, 0) is 0 Å². The van der Waals surface area contributed by atoms with E-state index in [4.69, 9.17) is 0 Å². The maximum atomic E-state index is 2.20. The van der Waals surface area contributed by atoms with E-state index >= 15 is 0 Å². The first kappa shape index (κ1) is 17.2. The summed E-state index contributed by atoms with van der Waals surface area (Å²) in [6.07, 6.45) is 0. The summed E-state index contributed by atoms with van der Waals surface area (Å²) in [4.78, 5) is 7.72. The fourth-order valence-corrected chi connectivity index (χ4v) is 7.73. The van der Waals surface area contributed by atoms with Crippen molar-refractivity contribution in [3.63, 3.8) is 0 Å². The van der Waals surface area contributed by atoms with E-state index in [9.17, 15) is 0 Å². The van der Waals surface area contributed by atoms with Gasteiger partial charge in [-0.1, -0.05) is 64.8 Å². The molecule has 0 aromatic heterocycles. The summed E-state index contributed by atoms with van der Waals surface area (Å²) in [7, 11) is 10.9. The Bertz CT molecular complexity index is 614. The predicted molar refractivity (Wildman–Crippen MR) is 114 cm³/mol. The summed E-state index contributed by atoms with van der Waals surface area (Å²) in [5, 5.41) is 0. The van der Waals surface area contributed by atoms with Crippen LogP contribution in [0.15, 0.2) is 102 Å². The van der Waals surface area contributed by atoms with Crippen molar-refractivity contribution in [1.29, 1.82) is 0 Å². The van der Waals surface area contributed by atoms with Gasteiger partial charge in [-0.25, -0.2) is 0 Å². The van der Waals surface area contributed by atoms with Crippen molar-refractivity contribution in [2.45, 2.75) is 29.4 Å². The highest BCUT2D eigenvalue weighted by molar-refractivity contribution is 8.77. The molecule has 0 radical (unpaired) electrons.